The van der Waals surface area contributed by atoms with Gasteiger partial charge >= 0.3 is 5.97 Å². The number of aliphatic hydroxyl groups excluding tert-OH is 2. The first kappa shape index (κ1) is 45.2. The van der Waals surface area contributed by atoms with Crippen LogP contribution in [0.25, 0.3) is 0 Å². The standard InChI is InChI=1S/C23H29ClN4O5S.C16H23N3O6S/c1-22(2,14-29)34(32,33)23(9-10-23)13-28-11-8-17-18(26-27(3)19(17)21(28)31)20(30)25-12-15-4-6-16(24)7-5-15;1-15(2,9-20)26(24,25)16(5-6-16)8-19-7-4-10-11(14(22)23)17-18(3)12(10)13(19)21/h4-7,29H,8-14H2,1-3H3,(H,25,30);20H,4-9H2,1-3H3,(H,22,23). The van der Waals surface area contributed by atoms with Crippen LogP contribution in [-0.4, -0.2) is 144 Å². The van der Waals surface area contributed by atoms with Gasteiger partial charge in [0.1, 0.15) is 11.4 Å². The minimum absolute atomic E-state index is 0.0463. The number of halogens is 1. The Hall–Kier alpha value is -4.37. The molecule has 2 aliphatic carbocycles. The van der Waals surface area contributed by atoms with Crippen molar-refractivity contribution in [2.45, 2.75) is 91.8 Å². The van der Waals surface area contributed by atoms with Crippen molar-refractivity contribution in [2.75, 3.05) is 39.4 Å². The van der Waals surface area contributed by atoms with Crippen LogP contribution in [0, 0.1) is 0 Å². The average molecular weight is 894 g/mol. The minimum Gasteiger partial charge on any atom is -0.476 e. The molecule has 0 spiro atoms. The minimum atomic E-state index is -3.67. The van der Waals surface area contributed by atoms with E-state index in [2.05, 4.69) is 15.5 Å². The predicted octanol–water partition coefficient (Wildman–Crippen LogP) is 1.56. The molecular formula is C39H52ClN7O11S2. The third-order valence-corrected chi connectivity index (χ3v) is 19.0. The van der Waals surface area contributed by atoms with Gasteiger partial charge in [-0.25, -0.2) is 21.6 Å². The molecule has 2 aromatic heterocycles. The molecule has 18 nitrogen and oxygen atoms in total. The Morgan fingerprint density at radius 2 is 1.15 bits per heavy atom. The van der Waals surface area contributed by atoms with E-state index in [1.165, 1.54) is 53.9 Å². The van der Waals surface area contributed by atoms with Crippen LogP contribution >= 0.6 is 11.6 Å². The molecule has 0 unspecified atom stereocenters. The number of aryl methyl sites for hydroxylation is 2. The van der Waals surface area contributed by atoms with Gasteiger partial charge in [-0.3, -0.25) is 23.7 Å². The van der Waals surface area contributed by atoms with Crippen molar-refractivity contribution < 1.29 is 51.3 Å². The summed E-state index contributed by atoms with van der Waals surface area (Å²) in [5, 5.41) is 40.0. The fraction of sp³-hybridized carbons (Fsp3) is 0.590. The summed E-state index contributed by atoms with van der Waals surface area (Å²) in [6.07, 6.45) is 2.52. The van der Waals surface area contributed by atoms with Crippen LogP contribution in [-0.2, 0) is 53.2 Å². The number of benzene rings is 1. The molecule has 2 saturated carbocycles. The van der Waals surface area contributed by atoms with Crippen molar-refractivity contribution in [1.29, 1.82) is 0 Å². The number of aromatic nitrogens is 4. The van der Waals surface area contributed by atoms with Gasteiger partial charge in [0.2, 0.25) is 0 Å². The van der Waals surface area contributed by atoms with Crippen LogP contribution in [0.5, 0.6) is 0 Å². The SMILES string of the molecule is Cn1nc(C(=O)NCc2ccc(Cl)cc2)c2c1C(=O)N(CC1(S(=O)(=O)C(C)(C)CO)CC1)CC2.Cn1nc(C(=O)O)c2c1C(=O)N(CC1(S(=O)(=O)C(C)(C)CO)CC1)CC2. The second-order valence-corrected chi connectivity index (χ2v) is 23.8. The fourth-order valence-corrected chi connectivity index (χ4v) is 12.7. The third-order valence-electron chi connectivity index (χ3n) is 12.2. The summed E-state index contributed by atoms with van der Waals surface area (Å²) in [5.74, 6) is -2.30. The maximum atomic E-state index is 13.3. The predicted molar refractivity (Wildman–Crippen MR) is 219 cm³/mol. The van der Waals surface area contributed by atoms with Crippen LogP contribution < -0.4 is 5.32 Å². The van der Waals surface area contributed by atoms with Gasteiger partial charge in [0, 0.05) is 63.0 Å². The summed E-state index contributed by atoms with van der Waals surface area (Å²) in [6, 6.07) is 7.12. The number of carboxylic acid groups (broad SMARTS) is 1. The number of rotatable bonds is 14. The lowest BCUT2D eigenvalue weighted by Gasteiger charge is -2.34. The largest absolute Gasteiger partial charge is 0.476 e. The number of aromatic carboxylic acids is 1. The van der Waals surface area contributed by atoms with Crippen LogP contribution in [0.15, 0.2) is 24.3 Å². The van der Waals surface area contributed by atoms with Crippen molar-refractivity contribution in [3.8, 4) is 0 Å². The molecule has 0 atom stereocenters. The molecule has 0 radical (unpaired) electrons. The Balaban J connectivity index is 0.000000209. The number of fused-ring (bicyclic) bond motifs is 2. The van der Waals surface area contributed by atoms with Crippen LogP contribution in [0.4, 0.5) is 0 Å². The van der Waals surface area contributed by atoms with E-state index in [4.69, 9.17) is 11.6 Å². The van der Waals surface area contributed by atoms with Gasteiger partial charge in [0.25, 0.3) is 17.7 Å². The lowest BCUT2D eigenvalue weighted by Crippen LogP contribution is -2.51. The van der Waals surface area contributed by atoms with E-state index in [9.17, 15) is 51.3 Å². The van der Waals surface area contributed by atoms with E-state index in [0.717, 1.165) is 5.56 Å². The van der Waals surface area contributed by atoms with Crippen molar-refractivity contribution in [2.24, 2.45) is 14.1 Å². The highest BCUT2D eigenvalue weighted by Crippen LogP contribution is 2.50. The van der Waals surface area contributed by atoms with Crippen molar-refractivity contribution >= 4 is 55.0 Å². The van der Waals surface area contributed by atoms with E-state index < -0.39 is 63.8 Å². The van der Waals surface area contributed by atoms with E-state index in [0.29, 0.717) is 73.5 Å². The maximum Gasteiger partial charge on any atom is 0.356 e. The molecule has 3 amide bonds. The van der Waals surface area contributed by atoms with Crippen LogP contribution in [0.3, 0.4) is 0 Å². The molecule has 60 heavy (non-hydrogen) atoms. The van der Waals surface area contributed by atoms with Crippen LogP contribution in [0.2, 0.25) is 5.02 Å². The highest BCUT2D eigenvalue weighted by Gasteiger charge is 2.62. The Morgan fingerprint density at radius 3 is 1.53 bits per heavy atom. The number of aliphatic hydroxyl groups is 2. The number of amides is 3. The van der Waals surface area contributed by atoms with Crippen molar-refractivity contribution in [3.63, 3.8) is 0 Å². The summed E-state index contributed by atoms with van der Waals surface area (Å²) >= 11 is 5.90. The Labute approximate surface area is 353 Å². The molecule has 4 heterocycles. The first-order chi connectivity index (χ1) is 27.9. The number of carbonyl (C=O) groups is 4. The second kappa shape index (κ2) is 15.8. The summed E-state index contributed by atoms with van der Waals surface area (Å²) in [6.45, 7) is 5.97. The molecule has 0 saturated heterocycles. The molecule has 4 aliphatic rings. The van der Waals surface area contributed by atoms with Crippen LogP contribution in [0.1, 0.15) is 112 Å². The van der Waals surface area contributed by atoms with Gasteiger partial charge in [-0.15, -0.1) is 0 Å². The molecule has 328 valence electrons. The van der Waals surface area contributed by atoms with E-state index in [1.807, 2.05) is 12.1 Å². The zero-order valence-electron chi connectivity index (χ0n) is 34.5. The van der Waals surface area contributed by atoms with Gasteiger partial charge in [-0.2, -0.15) is 10.2 Å². The molecule has 21 heteroatoms. The number of sulfone groups is 2. The normalized spacial score (nSPS) is 18.3. The van der Waals surface area contributed by atoms with Gasteiger partial charge in [-0.1, -0.05) is 23.7 Å². The quantitative estimate of drug-likeness (QED) is 0.180. The first-order valence-corrected chi connectivity index (χ1v) is 22.9. The Bertz CT molecular complexity index is 2450. The highest BCUT2D eigenvalue weighted by atomic mass is 35.5. The monoisotopic (exact) mass is 893 g/mol. The van der Waals surface area contributed by atoms with Gasteiger partial charge in [0.15, 0.2) is 31.1 Å². The van der Waals surface area contributed by atoms with E-state index in [-0.39, 0.29) is 48.5 Å². The molecule has 2 fully saturated rings. The van der Waals surface area contributed by atoms with Gasteiger partial charge in [0.05, 0.1) is 32.2 Å². The number of carbonyl (C=O) groups excluding carboxylic acids is 3. The fourth-order valence-electron chi connectivity index (χ4n) is 8.01. The lowest BCUT2D eigenvalue weighted by molar-refractivity contribution is 0.0685. The maximum absolute atomic E-state index is 13.3. The Morgan fingerprint density at radius 1 is 0.750 bits per heavy atom. The number of nitrogens with zero attached hydrogens (tertiary/aromatic N) is 6. The molecule has 0 bridgehead atoms. The number of nitrogens with one attached hydrogen (secondary N) is 1. The van der Waals surface area contributed by atoms with Crippen molar-refractivity contribution in [3.05, 3.63) is 68.8 Å². The summed E-state index contributed by atoms with van der Waals surface area (Å²) in [4.78, 5) is 53.3. The molecule has 1 aromatic carbocycles. The molecular weight excluding hydrogens is 842 g/mol. The smallest absolute Gasteiger partial charge is 0.356 e. The third kappa shape index (κ3) is 7.73. The lowest BCUT2D eigenvalue weighted by atomic mass is 10.0. The summed E-state index contributed by atoms with van der Waals surface area (Å²) in [7, 11) is -4.22. The Kier molecular flexibility index (Phi) is 11.9. The molecule has 3 aromatic rings. The van der Waals surface area contributed by atoms with E-state index >= 15 is 0 Å². The second-order valence-electron chi connectivity index (χ2n) is 17.4. The number of hydrogen-bond donors (Lipinski definition) is 4. The van der Waals surface area contributed by atoms with Crippen molar-refractivity contribution in [1.82, 2.24) is 34.7 Å². The summed E-state index contributed by atoms with van der Waals surface area (Å²) < 4.78 is 50.3. The summed E-state index contributed by atoms with van der Waals surface area (Å²) in [5.41, 5.74) is 2.41. The zero-order valence-corrected chi connectivity index (χ0v) is 36.9. The molecule has 2 aliphatic heterocycles. The van der Waals surface area contributed by atoms with Gasteiger partial charge < -0.3 is 30.4 Å². The first-order valence-electron chi connectivity index (χ1n) is 19.6. The van der Waals surface area contributed by atoms with E-state index in [1.54, 1.807) is 19.2 Å². The molecule has 7 rings (SSSR count). The number of hydrogen-bond acceptors (Lipinski definition) is 12. The zero-order chi connectivity index (χ0) is 44.4. The highest BCUT2D eigenvalue weighted by molar-refractivity contribution is 7.94. The number of carboxylic acids is 1. The average Bonchev–Trinajstić information content (AvgIpc) is 4.11. The van der Waals surface area contributed by atoms with Gasteiger partial charge in [-0.05, 0) is 83.9 Å². The topological polar surface area (TPSA) is 251 Å². The molecule has 4 N–H and O–H groups in total.